The Morgan fingerprint density at radius 1 is 1.50 bits per heavy atom. The second-order valence-corrected chi connectivity index (χ2v) is 5.00. The summed E-state index contributed by atoms with van der Waals surface area (Å²) in [6, 6.07) is 7.27. The van der Waals surface area contributed by atoms with Crippen LogP contribution in [0, 0.1) is 0 Å². The molecule has 1 amide bonds. The van der Waals surface area contributed by atoms with E-state index in [9.17, 15) is 9.90 Å². The molecule has 100 valence electrons. The summed E-state index contributed by atoms with van der Waals surface area (Å²) in [5.41, 5.74) is 3.34. The summed E-state index contributed by atoms with van der Waals surface area (Å²) in [7, 11) is 1.94. The molecule has 0 saturated carbocycles. The lowest BCUT2D eigenvalue weighted by Crippen LogP contribution is -2.43. The van der Waals surface area contributed by atoms with Crippen LogP contribution in [-0.4, -0.2) is 35.1 Å². The van der Waals surface area contributed by atoms with Gasteiger partial charge in [-0.15, -0.1) is 0 Å². The van der Waals surface area contributed by atoms with E-state index in [0.717, 1.165) is 5.56 Å². The van der Waals surface area contributed by atoms with Gasteiger partial charge in [0.15, 0.2) is 0 Å². The molecule has 18 heavy (non-hydrogen) atoms. The van der Waals surface area contributed by atoms with Crippen molar-refractivity contribution < 1.29 is 9.90 Å². The number of rotatable bonds is 5. The number of nitrogens with one attached hydrogen (secondary N) is 1. The Hall–Kier alpha value is -1.43. The second-order valence-electron chi connectivity index (χ2n) is 5.00. The quantitative estimate of drug-likeness (QED) is 0.404. The third-order valence-electron chi connectivity index (χ3n) is 3.16. The first kappa shape index (κ1) is 14.6. The summed E-state index contributed by atoms with van der Waals surface area (Å²) < 4.78 is 0. The number of nitrogens with two attached hydrogens (primary N) is 1. The van der Waals surface area contributed by atoms with Gasteiger partial charge < -0.3 is 5.11 Å². The molecule has 0 aliphatic carbocycles. The molecule has 0 saturated heterocycles. The molecule has 0 aromatic heterocycles. The topological polar surface area (TPSA) is 78.6 Å². The summed E-state index contributed by atoms with van der Waals surface area (Å²) in [6.45, 7) is 4.65. The summed E-state index contributed by atoms with van der Waals surface area (Å²) in [4.78, 5) is 13.4. The first-order valence-corrected chi connectivity index (χ1v) is 5.82. The SMILES string of the molecule is CN(Cc1cccc(C(=O)NN)c1)C(C)(C)CO. The van der Waals surface area contributed by atoms with Crippen LogP contribution in [0.5, 0.6) is 0 Å². The van der Waals surface area contributed by atoms with Crippen LogP contribution in [0.3, 0.4) is 0 Å². The van der Waals surface area contributed by atoms with Gasteiger partial charge >= 0.3 is 0 Å². The largest absolute Gasteiger partial charge is 0.394 e. The van der Waals surface area contributed by atoms with Gasteiger partial charge in [0.25, 0.3) is 5.91 Å². The number of hydrazine groups is 1. The van der Waals surface area contributed by atoms with Crippen molar-refractivity contribution in [3.8, 4) is 0 Å². The zero-order valence-electron chi connectivity index (χ0n) is 11.1. The standard InChI is InChI=1S/C13H21N3O2/c1-13(2,9-17)16(3)8-10-5-4-6-11(7-10)12(18)15-14/h4-7,17H,8-9,14H2,1-3H3,(H,15,18). The van der Waals surface area contributed by atoms with E-state index in [1.165, 1.54) is 0 Å². The fourth-order valence-electron chi connectivity index (χ4n) is 1.50. The third-order valence-corrected chi connectivity index (χ3v) is 3.16. The van der Waals surface area contributed by atoms with Crippen molar-refractivity contribution in [2.75, 3.05) is 13.7 Å². The van der Waals surface area contributed by atoms with Crippen molar-refractivity contribution in [1.82, 2.24) is 10.3 Å². The average Bonchev–Trinajstić information content (AvgIpc) is 2.38. The van der Waals surface area contributed by atoms with Gasteiger partial charge in [0, 0.05) is 17.6 Å². The number of benzene rings is 1. The molecule has 5 nitrogen and oxygen atoms in total. The molecule has 0 aliphatic rings. The van der Waals surface area contributed by atoms with Crippen molar-refractivity contribution >= 4 is 5.91 Å². The molecule has 0 fully saturated rings. The monoisotopic (exact) mass is 251 g/mol. The Labute approximate surface area is 108 Å². The minimum atomic E-state index is -0.305. The summed E-state index contributed by atoms with van der Waals surface area (Å²) >= 11 is 0. The van der Waals surface area contributed by atoms with Gasteiger partial charge in [-0.25, -0.2) is 5.84 Å². The van der Waals surface area contributed by atoms with E-state index in [-0.39, 0.29) is 18.1 Å². The molecule has 1 aromatic rings. The lowest BCUT2D eigenvalue weighted by Gasteiger charge is -2.33. The number of carbonyl (C=O) groups is 1. The van der Waals surface area contributed by atoms with Crippen LogP contribution in [0.4, 0.5) is 0 Å². The molecule has 5 heteroatoms. The fraction of sp³-hybridized carbons (Fsp3) is 0.462. The zero-order valence-corrected chi connectivity index (χ0v) is 11.1. The predicted molar refractivity (Wildman–Crippen MR) is 70.7 cm³/mol. The molecule has 0 spiro atoms. The van der Waals surface area contributed by atoms with Crippen LogP contribution in [-0.2, 0) is 6.54 Å². The first-order valence-electron chi connectivity index (χ1n) is 5.82. The molecule has 0 aliphatic heterocycles. The lowest BCUT2D eigenvalue weighted by molar-refractivity contribution is 0.0733. The molecule has 4 N–H and O–H groups in total. The summed E-state index contributed by atoms with van der Waals surface area (Å²) in [6.07, 6.45) is 0. The number of aliphatic hydroxyl groups excluding tert-OH is 1. The van der Waals surface area contributed by atoms with Gasteiger partial charge in [0.2, 0.25) is 0 Å². The lowest BCUT2D eigenvalue weighted by atomic mass is 10.0. The summed E-state index contributed by atoms with van der Waals surface area (Å²) in [5, 5.41) is 9.30. The van der Waals surface area contributed by atoms with Crippen molar-refractivity contribution in [1.29, 1.82) is 0 Å². The number of aliphatic hydroxyl groups is 1. The van der Waals surface area contributed by atoms with Crippen LogP contribution in [0.1, 0.15) is 29.8 Å². The number of nitrogen functional groups attached to an aromatic ring is 1. The first-order chi connectivity index (χ1) is 8.40. The van der Waals surface area contributed by atoms with Crippen molar-refractivity contribution in [3.63, 3.8) is 0 Å². The Bertz CT molecular complexity index is 418. The van der Waals surface area contributed by atoms with E-state index in [0.29, 0.717) is 12.1 Å². The maximum atomic E-state index is 11.4. The predicted octanol–water partition coefficient (Wildman–Crippen LogP) is 0.493. The van der Waals surface area contributed by atoms with Gasteiger partial charge in [0.05, 0.1) is 6.61 Å². The van der Waals surface area contributed by atoms with Gasteiger partial charge in [0.1, 0.15) is 0 Å². The Balaban J connectivity index is 2.83. The molecule has 0 unspecified atom stereocenters. The molecular formula is C13H21N3O2. The number of hydrogen-bond donors (Lipinski definition) is 3. The van der Waals surface area contributed by atoms with Crippen LogP contribution in [0.15, 0.2) is 24.3 Å². The highest BCUT2D eigenvalue weighted by Gasteiger charge is 2.22. The Morgan fingerprint density at radius 2 is 2.17 bits per heavy atom. The van der Waals surface area contributed by atoms with E-state index in [4.69, 9.17) is 5.84 Å². The zero-order chi connectivity index (χ0) is 13.8. The van der Waals surface area contributed by atoms with Crippen molar-refractivity contribution in [2.24, 2.45) is 5.84 Å². The maximum absolute atomic E-state index is 11.4. The highest BCUT2D eigenvalue weighted by Crippen LogP contribution is 2.15. The van der Waals surface area contributed by atoms with Crippen LogP contribution in [0.25, 0.3) is 0 Å². The van der Waals surface area contributed by atoms with Gasteiger partial charge in [-0.1, -0.05) is 12.1 Å². The molecule has 1 aromatic carbocycles. The van der Waals surface area contributed by atoms with E-state index in [1.54, 1.807) is 12.1 Å². The highest BCUT2D eigenvalue weighted by atomic mass is 16.3. The maximum Gasteiger partial charge on any atom is 0.265 e. The highest BCUT2D eigenvalue weighted by molar-refractivity contribution is 5.93. The van der Waals surface area contributed by atoms with Crippen molar-refractivity contribution in [2.45, 2.75) is 25.9 Å². The molecule has 0 radical (unpaired) electrons. The van der Waals surface area contributed by atoms with E-state index >= 15 is 0 Å². The van der Waals surface area contributed by atoms with Crippen LogP contribution >= 0.6 is 0 Å². The number of amides is 1. The van der Waals surface area contributed by atoms with Gasteiger partial charge in [-0.05, 0) is 38.6 Å². The normalized spacial score (nSPS) is 11.7. The molecule has 0 bridgehead atoms. The van der Waals surface area contributed by atoms with E-state index in [2.05, 4.69) is 5.43 Å². The van der Waals surface area contributed by atoms with Gasteiger partial charge in [-0.2, -0.15) is 0 Å². The Morgan fingerprint density at radius 3 is 2.72 bits per heavy atom. The van der Waals surface area contributed by atoms with Crippen LogP contribution in [0.2, 0.25) is 0 Å². The van der Waals surface area contributed by atoms with E-state index in [1.807, 2.05) is 37.9 Å². The number of hydrogen-bond acceptors (Lipinski definition) is 4. The molecule has 1 rings (SSSR count). The molecule has 0 atom stereocenters. The summed E-state index contributed by atoms with van der Waals surface area (Å²) in [5.74, 6) is 4.80. The van der Waals surface area contributed by atoms with Crippen LogP contribution < -0.4 is 11.3 Å². The fourth-order valence-corrected chi connectivity index (χ4v) is 1.50. The number of likely N-dealkylation sites (N-methyl/N-ethyl adjacent to an activating group) is 1. The average molecular weight is 251 g/mol. The Kier molecular flexibility index (Phi) is 4.84. The number of carbonyl (C=O) groups excluding carboxylic acids is 1. The number of nitrogens with zero attached hydrogens (tertiary/aromatic N) is 1. The molecular weight excluding hydrogens is 230 g/mol. The van der Waals surface area contributed by atoms with E-state index < -0.39 is 0 Å². The van der Waals surface area contributed by atoms with Crippen molar-refractivity contribution in [3.05, 3.63) is 35.4 Å². The van der Waals surface area contributed by atoms with Gasteiger partial charge in [-0.3, -0.25) is 15.1 Å². The third kappa shape index (κ3) is 3.53. The minimum Gasteiger partial charge on any atom is -0.394 e. The minimum absolute atomic E-state index is 0.0759. The second kappa shape index (κ2) is 5.95. The smallest absolute Gasteiger partial charge is 0.265 e. The molecule has 0 heterocycles.